The molecular weight excluding hydrogens is 238 g/mol. The number of aliphatic carboxylic acids is 1. The van der Waals surface area contributed by atoms with Crippen LogP contribution in [0.25, 0.3) is 0 Å². The highest BCUT2D eigenvalue weighted by atomic mass is 32.2. The lowest BCUT2D eigenvalue weighted by Gasteiger charge is -2.22. The molecule has 17 heavy (non-hydrogen) atoms. The number of hydrogen-bond acceptors (Lipinski definition) is 3. The Balaban J connectivity index is 1.90. The fourth-order valence-electron chi connectivity index (χ4n) is 2.73. The van der Waals surface area contributed by atoms with Gasteiger partial charge >= 0.3 is 5.97 Å². The molecule has 1 aliphatic carbocycles. The van der Waals surface area contributed by atoms with Gasteiger partial charge in [-0.1, -0.05) is 13.8 Å². The van der Waals surface area contributed by atoms with Crippen molar-refractivity contribution in [2.75, 3.05) is 11.5 Å². The molecule has 0 aromatic heterocycles. The first-order valence-corrected chi connectivity index (χ1v) is 7.21. The van der Waals surface area contributed by atoms with Crippen LogP contribution in [0, 0.1) is 17.3 Å². The second-order valence-corrected chi connectivity index (χ2v) is 6.69. The molecule has 0 bridgehead atoms. The van der Waals surface area contributed by atoms with Crippen LogP contribution in [-0.4, -0.2) is 34.5 Å². The predicted octanol–water partition coefficient (Wildman–Crippen LogP) is 1.35. The minimum Gasteiger partial charge on any atom is -0.481 e. The number of carboxylic acids is 1. The number of thioether (sulfide) groups is 1. The van der Waals surface area contributed by atoms with Gasteiger partial charge in [0, 0.05) is 11.8 Å². The van der Waals surface area contributed by atoms with E-state index in [4.69, 9.17) is 5.11 Å². The molecule has 1 saturated heterocycles. The Labute approximate surface area is 106 Å². The molecular formula is C12H19NO3S. The van der Waals surface area contributed by atoms with Crippen molar-refractivity contribution in [1.29, 1.82) is 0 Å². The Bertz CT molecular complexity index is 337. The number of hydrogen-bond donors (Lipinski definition) is 2. The molecule has 96 valence electrons. The standard InChI is InChI=1S/C12H19NO3S/c1-12(2)8(9(12)11(15)16)10(14)13-7-4-3-5-17-6-7/h7-9H,3-6H2,1-2H3,(H,13,14)(H,15,16)/t7?,8-,9+/m1/s1. The van der Waals surface area contributed by atoms with Crippen molar-refractivity contribution >= 4 is 23.6 Å². The van der Waals surface area contributed by atoms with Gasteiger partial charge in [-0.25, -0.2) is 0 Å². The van der Waals surface area contributed by atoms with Gasteiger partial charge in [0.15, 0.2) is 0 Å². The molecule has 1 aliphatic heterocycles. The third-order valence-electron chi connectivity index (χ3n) is 3.88. The van der Waals surface area contributed by atoms with Crippen LogP contribution in [0.3, 0.4) is 0 Å². The molecule has 2 rings (SSSR count). The van der Waals surface area contributed by atoms with Crippen molar-refractivity contribution in [1.82, 2.24) is 5.32 Å². The van der Waals surface area contributed by atoms with Crippen LogP contribution in [0.2, 0.25) is 0 Å². The maximum absolute atomic E-state index is 12.0. The number of carboxylic acid groups (broad SMARTS) is 1. The second-order valence-electron chi connectivity index (χ2n) is 5.54. The van der Waals surface area contributed by atoms with Crippen molar-refractivity contribution in [3.05, 3.63) is 0 Å². The van der Waals surface area contributed by atoms with E-state index < -0.39 is 17.3 Å². The summed E-state index contributed by atoms with van der Waals surface area (Å²) in [5.74, 6) is 0.323. The number of carbonyl (C=O) groups excluding carboxylic acids is 1. The Kier molecular flexibility index (Phi) is 3.39. The molecule has 0 radical (unpaired) electrons. The van der Waals surface area contributed by atoms with Crippen LogP contribution in [0.5, 0.6) is 0 Å². The Morgan fingerprint density at radius 1 is 1.35 bits per heavy atom. The first-order valence-electron chi connectivity index (χ1n) is 6.05. The monoisotopic (exact) mass is 257 g/mol. The van der Waals surface area contributed by atoms with Gasteiger partial charge in [-0.05, 0) is 24.0 Å². The van der Waals surface area contributed by atoms with Gasteiger partial charge in [0.05, 0.1) is 11.8 Å². The van der Waals surface area contributed by atoms with Gasteiger partial charge in [0.25, 0.3) is 0 Å². The molecule has 1 saturated carbocycles. The zero-order chi connectivity index (χ0) is 12.6. The van der Waals surface area contributed by atoms with Crippen molar-refractivity contribution < 1.29 is 14.7 Å². The lowest BCUT2D eigenvalue weighted by atomic mass is 10.1. The van der Waals surface area contributed by atoms with Crippen LogP contribution >= 0.6 is 11.8 Å². The Morgan fingerprint density at radius 2 is 2.06 bits per heavy atom. The first kappa shape index (κ1) is 12.7. The normalized spacial score (nSPS) is 35.1. The summed E-state index contributed by atoms with van der Waals surface area (Å²) in [6.07, 6.45) is 2.15. The van der Waals surface area contributed by atoms with Crippen LogP contribution in [-0.2, 0) is 9.59 Å². The van der Waals surface area contributed by atoms with Crippen LogP contribution in [0.1, 0.15) is 26.7 Å². The number of nitrogens with one attached hydrogen (secondary N) is 1. The third-order valence-corrected chi connectivity index (χ3v) is 5.10. The summed E-state index contributed by atoms with van der Waals surface area (Å²) in [5, 5.41) is 12.0. The van der Waals surface area contributed by atoms with Gasteiger partial charge in [0.2, 0.25) is 5.91 Å². The lowest BCUT2D eigenvalue weighted by Crippen LogP contribution is -2.40. The molecule has 1 unspecified atom stereocenters. The summed E-state index contributed by atoms with van der Waals surface area (Å²) in [7, 11) is 0. The fraction of sp³-hybridized carbons (Fsp3) is 0.833. The molecule has 5 heteroatoms. The maximum Gasteiger partial charge on any atom is 0.307 e. The molecule has 1 amide bonds. The van der Waals surface area contributed by atoms with E-state index in [-0.39, 0.29) is 17.9 Å². The van der Waals surface area contributed by atoms with Crippen molar-refractivity contribution in [3.63, 3.8) is 0 Å². The van der Waals surface area contributed by atoms with Crippen molar-refractivity contribution in [2.24, 2.45) is 17.3 Å². The number of amides is 1. The molecule has 0 aromatic carbocycles. The predicted molar refractivity (Wildman–Crippen MR) is 66.9 cm³/mol. The van der Waals surface area contributed by atoms with E-state index in [9.17, 15) is 9.59 Å². The second kappa shape index (κ2) is 4.52. The van der Waals surface area contributed by atoms with Gasteiger partial charge in [0.1, 0.15) is 0 Å². The van der Waals surface area contributed by atoms with Crippen LogP contribution < -0.4 is 5.32 Å². The van der Waals surface area contributed by atoms with Gasteiger partial charge in [-0.3, -0.25) is 9.59 Å². The van der Waals surface area contributed by atoms with Gasteiger partial charge in [-0.2, -0.15) is 11.8 Å². The highest BCUT2D eigenvalue weighted by molar-refractivity contribution is 7.99. The number of carbonyl (C=O) groups is 2. The van der Waals surface area contributed by atoms with Gasteiger partial charge < -0.3 is 10.4 Å². The summed E-state index contributed by atoms with van der Waals surface area (Å²) < 4.78 is 0. The molecule has 0 aromatic rings. The fourth-order valence-corrected chi connectivity index (χ4v) is 3.81. The first-order chi connectivity index (χ1) is 7.94. The maximum atomic E-state index is 12.0. The summed E-state index contributed by atoms with van der Waals surface area (Å²) >= 11 is 1.85. The lowest BCUT2D eigenvalue weighted by molar-refractivity contribution is -0.140. The topological polar surface area (TPSA) is 66.4 Å². The van der Waals surface area contributed by atoms with E-state index in [1.807, 2.05) is 25.6 Å². The molecule has 2 aliphatic rings. The van der Waals surface area contributed by atoms with E-state index in [1.165, 1.54) is 5.75 Å². The Morgan fingerprint density at radius 3 is 2.53 bits per heavy atom. The molecule has 2 fully saturated rings. The largest absolute Gasteiger partial charge is 0.481 e. The van der Waals surface area contributed by atoms with E-state index in [2.05, 4.69) is 5.32 Å². The Hall–Kier alpha value is -0.710. The van der Waals surface area contributed by atoms with Crippen molar-refractivity contribution in [3.8, 4) is 0 Å². The zero-order valence-electron chi connectivity index (χ0n) is 10.2. The van der Waals surface area contributed by atoms with Crippen LogP contribution in [0.4, 0.5) is 0 Å². The molecule has 1 heterocycles. The molecule has 3 atom stereocenters. The minimum absolute atomic E-state index is 0.0742. The summed E-state index contributed by atoms with van der Waals surface area (Å²) in [6.45, 7) is 3.71. The minimum atomic E-state index is -0.854. The van der Waals surface area contributed by atoms with E-state index in [0.29, 0.717) is 0 Å². The van der Waals surface area contributed by atoms with Crippen LogP contribution in [0.15, 0.2) is 0 Å². The van der Waals surface area contributed by atoms with E-state index in [0.717, 1.165) is 18.6 Å². The quantitative estimate of drug-likeness (QED) is 0.801. The molecule has 0 spiro atoms. The smallest absolute Gasteiger partial charge is 0.307 e. The number of rotatable bonds is 3. The van der Waals surface area contributed by atoms with Gasteiger partial charge in [-0.15, -0.1) is 0 Å². The summed E-state index contributed by atoms with van der Waals surface area (Å²) in [5.41, 5.74) is -0.391. The summed E-state index contributed by atoms with van der Waals surface area (Å²) in [6, 6.07) is 0.229. The average Bonchev–Trinajstić information content (AvgIpc) is 2.83. The highest BCUT2D eigenvalue weighted by Crippen LogP contribution is 2.58. The van der Waals surface area contributed by atoms with E-state index in [1.54, 1.807) is 0 Å². The third kappa shape index (κ3) is 2.44. The van der Waals surface area contributed by atoms with Crippen molar-refractivity contribution in [2.45, 2.75) is 32.7 Å². The molecule has 4 nitrogen and oxygen atoms in total. The zero-order valence-corrected chi connectivity index (χ0v) is 11.0. The average molecular weight is 257 g/mol. The SMILES string of the molecule is CC1(C)[C@H](C(=O)O)[C@@H]1C(=O)NC1CCCSC1. The summed E-state index contributed by atoms with van der Waals surface area (Å²) in [4.78, 5) is 23.0. The highest BCUT2D eigenvalue weighted by Gasteiger charge is 2.65. The molecule has 2 N–H and O–H groups in total. The van der Waals surface area contributed by atoms with E-state index >= 15 is 0 Å².